The number of hydrogen-bond acceptors (Lipinski definition) is 3. The lowest BCUT2D eigenvalue weighted by molar-refractivity contribution is 0.100. The average molecular weight is 312 g/mol. The molecule has 0 aromatic heterocycles. The lowest BCUT2D eigenvalue weighted by atomic mass is 10.1. The molecule has 4 nitrogen and oxygen atoms in total. The zero-order valence-electron chi connectivity index (χ0n) is 10.2. The van der Waals surface area contributed by atoms with Gasteiger partial charge in [-0.25, -0.2) is 0 Å². The van der Waals surface area contributed by atoms with Gasteiger partial charge >= 0.3 is 0 Å². The Labute approximate surface area is 115 Å². The molecular weight excluding hydrogens is 294 g/mol. The second kappa shape index (κ2) is 6.20. The minimum absolute atomic E-state index is 0.405. The molecule has 1 unspecified atom stereocenters. The van der Waals surface area contributed by atoms with Gasteiger partial charge < -0.3 is 16.4 Å². The number of nitrogens with two attached hydrogens (primary N) is 1. The van der Waals surface area contributed by atoms with E-state index in [0.717, 1.165) is 29.7 Å². The highest BCUT2D eigenvalue weighted by molar-refractivity contribution is 9.10. The van der Waals surface area contributed by atoms with Crippen molar-refractivity contribution in [2.24, 2.45) is 5.73 Å². The van der Waals surface area contributed by atoms with E-state index in [1.165, 1.54) is 12.8 Å². The summed E-state index contributed by atoms with van der Waals surface area (Å²) in [6.07, 6.45) is 3.66. The zero-order chi connectivity index (χ0) is 13.0. The van der Waals surface area contributed by atoms with E-state index in [9.17, 15) is 4.79 Å². The number of rotatable bonds is 5. The van der Waals surface area contributed by atoms with Crippen molar-refractivity contribution < 1.29 is 4.79 Å². The zero-order valence-corrected chi connectivity index (χ0v) is 11.8. The number of carbonyl (C=O) groups is 1. The summed E-state index contributed by atoms with van der Waals surface area (Å²) in [6, 6.07) is 6.01. The van der Waals surface area contributed by atoms with Crippen molar-refractivity contribution in [1.29, 1.82) is 0 Å². The molecule has 1 aliphatic rings. The fourth-order valence-corrected chi connectivity index (χ4v) is 2.71. The monoisotopic (exact) mass is 311 g/mol. The van der Waals surface area contributed by atoms with Crippen molar-refractivity contribution in [3.05, 3.63) is 28.2 Å². The number of anilines is 1. The Morgan fingerprint density at radius 1 is 1.56 bits per heavy atom. The van der Waals surface area contributed by atoms with E-state index in [2.05, 4.69) is 26.6 Å². The van der Waals surface area contributed by atoms with Crippen molar-refractivity contribution in [2.45, 2.75) is 25.3 Å². The Kier molecular flexibility index (Phi) is 4.60. The van der Waals surface area contributed by atoms with E-state index in [1.54, 1.807) is 12.1 Å². The van der Waals surface area contributed by atoms with E-state index in [-0.39, 0.29) is 0 Å². The quantitative estimate of drug-likeness (QED) is 0.780. The van der Waals surface area contributed by atoms with Gasteiger partial charge in [-0.15, -0.1) is 0 Å². The molecule has 1 atom stereocenters. The summed E-state index contributed by atoms with van der Waals surface area (Å²) in [7, 11) is 0. The molecular formula is C13H18BrN3O. The molecule has 0 spiro atoms. The molecule has 1 aliphatic heterocycles. The van der Waals surface area contributed by atoms with Gasteiger partial charge in [-0.1, -0.05) is 0 Å². The molecule has 0 radical (unpaired) electrons. The van der Waals surface area contributed by atoms with Gasteiger partial charge in [0.05, 0.1) is 0 Å². The molecule has 98 valence electrons. The number of hydrogen-bond donors (Lipinski definition) is 3. The topological polar surface area (TPSA) is 67.2 Å². The number of halogens is 1. The largest absolute Gasteiger partial charge is 0.384 e. The predicted molar refractivity (Wildman–Crippen MR) is 76.8 cm³/mol. The smallest absolute Gasteiger partial charge is 0.248 e. The molecule has 2 rings (SSSR count). The Morgan fingerprint density at radius 2 is 2.39 bits per heavy atom. The fourth-order valence-electron chi connectivity index (χ4n) is 2.20. The first-order valence-corrected chi connectivity index (χ1v) is 7.03. The summed E-state index contributed by atoms with van der Waals surface area (Å²) >= 11 is 3.44. The highest BCUT2D eigenvalue weighted by Crippen LogP contribution is 2.23. The maximum Gasteiger partial charge on any atom is 0.248 e. The van der Waals surface area contributed by atoms with Crippen molar-refractivity contribution in [3.8, 4) is 0 Å². The van der Waals surface area contributed by atoms with Crippen LogP contribution in [0.4, 0.5) is 5.69 Å². The Morgan fingerprint density at radius 3 is 3.00 bits per heavy atom. The second-order valence-corrected chi connectivity index (χ2v) is 5.42. The van der Waals surface area contributed by atoms with Crippen molar-refractivity contribution >= 4 is 27.5 Å². The summed E-state index contributed by atoms with van der Waals surface area (Å²) in [5, 5.41) is 6.84. The van der Waals surface area contributed by atoms with Gasteiger partial charge in [0, 0.05) is 28.3 Å². The number of nitrogens with one attached hydrogen (secondary N) is 2. The third-order valence-corrected chi connectivity index (χ3v) is 3.88. The minimum atomic E-state index is -0.405. The summed E-state index contributed by atoms with van der Waals surface area (Å²) in [6.45, 7) is 2.06. The van der Waals surface area contributed by atoms with Crippen molar-refractivity contribution in [1.82, 2.24) is 5.32 Å². The molecule has 1 heterocycles. The first-order valence-electron chi connectivity index (χ1n) is 6.23. The number of primary amides is 1. The van der Waals surface area contributed by atoms with Gasteiger partial charge in [0.1, 0.15) is 0 Å². The lowest BCUT2D eigenvalue weighted by Gasteiger charge is -2.13. The molecule has 1 aromatic carbocycles. The van der Waals surface area contributed by atoms with E-state index in [4.69, 9.17) is 5.73 Å². The normalized spacial score (nSPS) is 18.8. The van der Waals surface area contributed by atoms with Crippen LogP contribution >= 0.6 is 15.9 Å². The molecule has 1 aromatic rings. The fraction of sp³-hybridized carbons (Fsp3) is 0.462. The Balaban J connectivity index is 1.87. The minimum Gasteiger partial charge on any atom is -0.384 e. The summed E-state index contributed by atoms with van der Waals surface area (Å²) in [4.78, 5) is 11.0. The number of carbonyl (C=O) groups excluding carboxylic acids is 1. The third kappa shape index (κ3) is 3.46. The van der Waals surface area contributed by atoms with Crippen LogP contribution in [0.5, 0.6) is 0 Å². The molecule has 5 heteroatoms. The summed E-state index contributed by atoms with van der Waals surface area (Å²) in [5.41, 5.74) is 6.74. The van der Waals surface area contributed by atoms with Crippen LogP contribution < -0.4 is 16.4 Å². The first kappa shape index (κ1) is 13.4. The van der Waals surface area contributed by atoms with E-state index in [0.29, 0.717) is 11.6 Å². The van der Waals surface area contributed by atoms with Crippen LogP contribution in [0.3, 0.4) is 0 Å². The van der Waals surface area contributed by atoms with E-state index in [1.807, 2.05) is 6.07 Å². The van der Waals surface area contributed by atoms with Crippen LogP contribution in [-0.2, 0) is 0 Å². The van der Waals surface area contributed by atoms with Gasteiger partial charge in [0.15, 0.2) is 0 Å². The lowest BCUT2D eigenvalue weighted by Crippen LogP contribution is -2.24. The number of amides is 1. The van der Waals surface area contributed by atoms with Gasteiger partial charge in [0.25, 0.3) is 0 Å². The van der Waals surface area contributed by atoms with Crippen LogP contribution in [0.1, 0.15) is 29.6 Å². The SMILES string of the molecule is NC(=O)c1ccc(NCCC2CCCN2)c(Br)c1. The van der Waals surface area contributed by atoms with Crippen LogP contribution in [-0.4, -0.2) is 25.0 Å². The van der Waals surface area contributed by atoms with Crippen LogP contribution in [0.25, 0.3) is 0 Å². The molecule has 1 amide bonds. The summed E-state index contributed by atoms with van der Waals surface area (Å²) in [5.74, 6) is -0.405. The average Bonchev–Trinajstić information content (AvgIpc) is 2.84. The summed E-state index contributed by atoms with van der Waals surface area (Å²) < 4.78 is 0.873. The molecule has 18 heavy (non-hydrogen) atoms. The van der Waals surface area contributed by atoms with E-state index >= 15 is 0 Å². The van der Waals surface area contributed by atoms with Crippen LogP contribution in [0.15, 0.2) is 22.7 Å². The molecule has 0 bridgehead atoms. The predicted octanol–water partition coefficient (Wildman–Crippen LogP) is 2.10. The molecule has 1 saturated heterocycles. The van der Waals surface area contributed by atoms with Crippen LogP contribution in [0, 0.1) is 0 Å². The number of benzene rings is 1. The van der Waals surface area contributed by atoms with Gasteiger partial charge in [-0.3, -0.25) is 4.79 Å². The Bertz CT molecular complexity index is 430. The molecule has 0 aliphatic carbocycles. The third-order valence-electron chi connectivity index (χ3n) is 3.22. The highest BCUT2D eigenvalue weighted by Gasteiger charge is 2.13. The van der Waals surface area contributed by atoms with Gasteiger partial charge in [0.2, 0.25) is 5.91 Å². The van der Waals surface area contributed by atoms with Crippen molar-refractivity contribution in [3.63, 3.8) is 0 Å². The van der Waals surface area contributed by atoms with E-state index < -0.39 is 5.91 Å². The second-order valence-electron chi connectivity index (χ2n) is 4.57. The first-order chi connectivity index (χ1) is 8.66. The molecule has 0 saturated carbocycles. The Hall–Kier alpha value is -1.07. The molecule has 1 fully saturated rings. The van der Waals surface area contributed by atoms with Gasteiger partial charge in [-0.05, 0) is 59.9 Å². The standard InChI is InChI=1S/C13H18BrN3O/c14-11-8-9(13(15)18)3-4-12(11)17-7-5-10-2-1-6-16-10/h3-4,8,10,16-17H,1-2,5-7H2,(H2,15,18). The maximum atomic E-state index is 11.0. The van der Waals surface area contributed by atoms with Crippen LogP contribution in [0.2, 0.25) is 0 Å². The highest BCUT2D eigenvalue weighted by atomic mass is 79.9. The maximum absolute atomic E-state index is 11.0. The van der Waals surface area contributed by atoms with Gasteiger partial charge in [-0.2, -0.15) is 0 Å². The molecule has 4 N–H and O–H groups in total. The van der Waals surface area contributed by atoms with Crippen molar-refractivity contribution in [2.75, 3.05) is 18.4 Å².